The van der Waals surface area contributed by atoms with Crippen molar-refractivity contribution in [3.63, 3.8) is 0 Å². The van der Waals surface area contributed by atoms with Gasteiger partial charge in [0.15, 0.2) is 0 Å². The van der Waals surface area contributed by atoms with Crippen LogP contribution < -0.4 is 5.32 Å². The molecule has 30 heavy (non-hydrogen) atoms. The lowest BCUT2D eigenvalue weighted by molar-refractivity contribution is 0.203. The van der Waals surface area contributed by atoms with Crippen LogP contribution in [-0.2, 0) is 11.3 Å². The standard InChI is InChI=1S/C26H23N3O/c1-18-24(19(2)30-17-20-9-4-3-5-10-20)25(29-16-15-27-26(29)28-18)23-14-8-12-21-11-6-7-13-22(21)23/h3-16,25H,2,17H2,1H3,(H,27,28). The molecule has 1 N–H and O–H groups in total. The van der Waals surface area contributed by atoms with E-state index in [1.807, 2.05) is 30.6 Å². The first-order valence-electron chi connectivity index (χ1n) is 10.1. The molecule has 0 fully saturated rings. The van der Waals surface area contributed by atoms with Crippen molar-refractivity contribution >= 4 is 16.7 Å². The fraction of sp³-hybridized carbons (Fsp3) is 0.115. The third-order valence-electron chi connectivity index (χ3n) is 5.60. The maximum Gasteiger partial charge on any atom is 0.207 e. The molecule has 0 saturated heterocycles. The fourth-order valence-electron chi connectivity index (χ4n) is 4.18. The van der Waals surface area contributed by atoms with Crippen LogP contribution >= 0.6 is 0 Å². The molecule has 1 aliphatic heterocycles. The van der Waals surface area contributed by atoms with Gasteiger partial charge in [-0.05, 0) is 28.8 Å². The van der Waals surface area contributed by atoms with Crippen LogP contribution in [0.25, 0.3) is 10.8 Å². The third-order valence-corrected chi connectivity index (χ3v) is 5.60. The largest absolute Gasteiger partial charge is 0.489 e. The van der Waals surface area contributed by atoms with Gasteiger partial charge in [0.05, 0.1) is 6.04 Å². The van der Waals surface area contributed by atoms with Crippen LogP contribution in [0.1, 0.15) is 24.1 Å². The average molecular weight is 393 g/mol. The highest BCUT2D eigenvalue weighted by molar-refractivity contribution is 5.87. The minimum absolute atomic E-state index is 0.0712. The Labute approximate surface area is 176 Å². The van der Waals surface area contributed by atoms with Crippen LogP contribution in [0.4, 0.5) is 5.95 Å². The zero-order chi connectivity index (χ0) is 20.5. The van der Waals surface area contributed by atoms with E-state index in [0.29, 0.717) is 12.4 Å². The predicted octanol–water partition coefficient (Wildman–Crippen LogP) is 6.06. The van der Waals surface area contributed by atoms with Crippen molar-refractivity contribution in [1.82, 2.24) is 9.55 Å². The van der Waals surface area contributed by atoms with Crippen molar-refractivity contribution < 1.29 is 4.74 Å². The number of hydrogen-bond donors (Lipinski definition) is 1. The Kier molecular flexibility index (Phi) is 4.60. The van der Waals surface area contributed by atoms with Crippen molar-refractivity contribution in [1.29, 1.82) is 0 Å². The SMILES string of the molecule is C=C(OCc1ccccc1)C1=C(C)Nc2nccn2C1c1cccc2ccccc12. The minimum atomic E-state index is -0.0712. The van der Waals surface area contributed by atoms with Crippen LogP contribution in [0.3, 0.4) is 0 Å². The molecule has 3 aromatic carbocycles. The Morgan fingerprint density at radius 2 is 1.80 bits per heavy atom. The molecule has 0 amide bonds. The molecule has 2 heterocycles. The van der Waals surface area contributed by atoms with E-state index in [4.69, 9.17) is 4.74 Å². The summed E-state index contributed by atoms with van der Waals surface area (Å²) in [6.07, 6.45) is 3.83. The summed E-state index contributed by atoms with van der Waals surface area (Å²) in [5.41, 5.74) is 4.36. The summed E-state index contributed by atoms with van der Waals surface area (Å²) in [5.74, 6) is 1.49. The number of nitrogens with zero attached hydrogens (tertiary/aromatic N) is 2. The van der Waals surface area contributed by atoms with Gasteiger partial charge in [0, 0.05) is 23.7 Å². The number of benzene rings is 3. The molecule has 1 unspecified atom stereocenters. The van der Waals surface area contributed by atoms with Gasteiger partial charge in [-0.15, -0.1) is 0 Å². The topological polar surface area (TPSA) is 39.1 Å². The van der Waals surface area contributed by atoms with Crippen molar-refractivity contribution in [2.45, 2.75) is 19.6 Å². The lowest BCUT2D eigenvalue weighted by atomic mass is 9.90. The minimum Gasteiger partial charge on any atom is -0.489 e. The first kappa shape index (κ1) is 18.3. The van der Waals surface area contributed by atoms with Crippen LogP contribution in [0.5, 0.6) is 0 Å². The average Bonchev–Trinajstić information content (AvgIpc) is 3.25. The van der Waals surface area contributed by atoms with E-state index in [1.54, 1.807) is 0 Å². The Morgan fingerprint density at radius 1 is 1.03 bits per heavy atom. The molecule has 1 atom stereocenters. The lowest BCUT2D eigenvalue weighted by Crippen LogP contribution is -2.25. The molecule has 0 spiro atoms. The number of fused-ring (bicyclic) bond motifs is 2. The molecule has 148 valence electrons. The maximum absolute atomic E-state index is 6.17. The number of anilines is 1. The smallest absolute Gasteiger partial charge is 0.207 e. The van der Waals surface area contributed by atoms with Gasteiger partial charge in [0.25, 0.3) is 0 Å². The van der Waals surface area contributed by atoms with Crippen LogP contribution in [0, 0.1) is 0 Å². The van der Waals surface area contributed by atoms with E-state index in [0.717, 1.165) is 22.8 Å². The Bertz CT molecular complexity index is 1250. The summed E-state index contributed by atoms with van der Waals surface area (Å²) in [6.45, 7) is 6.84. The van der Waals surface area contributed by atoms with E-state index in [-0.39, 0.29) is 6.04 Å². The molecule has 0 radical (unpaired) electrons. The summed E-state index contributed by atoms with van der Waals surface area (Å²) in [5, 5.41) is 5.83. The quantitative estimate of drug-likeness (QED) is 0.419. The molecule has 4 nitrogen and oxygen atoms in total. The molecule has 1 aliphatic rings. The Hall–Kier alpha value is -3.79. The Morgan fingerprint density at radius 3 is 2.67 bits per heavy atom. The second-order valence-corrected chi connectivity index (χ2v) is 7.49. The number of aromatic nitrogens is 2. The summed E-state index contributed by atoms with van der Waals surface area (Å²) < 4.78 is 8.32. The van der Waals surface area contributed by atoms with Gasteiger partial charge in [-0.1, -0.05) is 79.4 Å². The molecule has 4 heteroatoms. The molecule has 0 bridgehead atoms. The van der Waals surface area contributed by atoms with Gasteiger partial charge in [-0.3, -0.25) is 0 Å². The van der Waals surface area contributed by atoms with E-state index >= 15 is 0 Å². The van der Waals surface area contributed by atoms with Crippen molar-refractivity contribution in [2.75, 3.05) is 5.32 Å². The molecule has 5 rings (SSSR count). The molecule has 4 aromatic rings. The highest BCUT2D eigenvalue weighted by Crippen LogP contribution is 2.41. The summed E-state index contributed by atoms with van der Waals surface area (Å²) >= 11 is 0. The molecular formula is C26H23N3O. The van der Waals surface area contributed by atoms with Crippen molar-refractivity contribution in [3.8, 4) is 0 Å². The maximum atomic E-state index is 6.17. The number of ether oxygens (including phenoxy) is 1. The van der Waals surface area contributed by atoms with Gasteiger partial charge < -0.3 is 14.6 Å². The first-order chi connectivity index (χ1) is 14.7. The van der Waals surface area contributed by atoms with E-state index < -0.39 is 0 Å². The number of rotatable bonds is 5. The lowest BCUT2D eigenvalue weighted by Gasteiger charge is -2.32. The summed E-state index contributed by atoms with van der Waals surface area (Å²) in [6, 6.07) is 25.0. The third kappa shape index (κ3) is 3.16. The molecular weight excluding hydrogens is 370 g/mol. The van der Waals surface area contributed by atoms with Crippen molar-refractivity contribution in [2.24, 2.45) is 0 Å². The second-order valence-electron chi connectivity index (χ2n) is 7.49. The number of allylic oxidation sites excluding steroid dienone is 2. The van der Waals surface area contributed by atoms with Crippen LogP contribution in [0.2, 0.25) is 0 Å². The summed E-state index contributed by atoms with van der Waals surface area (Å²) in [4.78, 5) is 4.50. The summed E-state index contributed by atoms with van der Waals surface area (Å²) in [7, 11) is 0. The van der Waals surface area contributed by atoms with E-state index in [2.05, 4.69) is 83.0 Å². The second kappa shape index (κ2) is 7.56. The molecule has 0 saturated carbocycles. The number of imidazole rings is 1. The fourth-order valence-corrected chi connectivity index (χ4v) is 4.18. The predicted molar refractivity (Wildman–Crippen MR) is 121 cm³/mol. The van der Waals surface area contributed by atoms with Gasteiger partial charge in [-0.2, -0.15) is 0 Å². The monoisotopic (exact) mass is 393 g/mol. The van der Waals surface area contributed by atoms with Gasteiger partial charge in [0.2, 0.25) is 5.95 Å². The molecule has 0 aliphatic carbocycles. The highest BCUT2D eigenvalue weighted by atomic mass is 16.5. The van der Waals surface area contributed by atoms with Gasteiger partial charge in [0.1, 0.15) is 12.4 Å². The number of nitrogens with one attached hydrogen (secondary N) is 1. The van der Waals surface area contributed by atoms with Crippen LogP contribution in [-0.4, -0.2) is 9.55 Å². The van der Waals surface area contributed by atoms with Crippen molar-refractivity contribution in [3.05, 3.63) is 120 Å². The van der Waals surface area contributed by atoms with Crippen LogP contribution in [0.15, 0.2) is 109 Å². The van der Waals surface area contributed by atoms with Gasteiger partial charge in [-0.25, -0.2) is 4.98 Å². The Balaban J connectivity index is 1.58. The van der Waals surface area contributed by atoms with E-state index in [1.165, 1.54) is 16.3 Å². The highest BCUT2D eigenvalue weighted by Gasteiger charge is 2.31. The van der Waals surface area contributed by atoms with Gasteiger partial charge >= 0.3 is 0 Å². The number of hydrogen-bond acceptors (Lipinski definition) is 3. The van der Waals surface area contributed by atoms with E-state index in [9.17, 15) is 0 Å². The zero-order valence-corrected chi connectivity index (χ0v) is 16.9. The normalized spacial score (nSPS) is 15.6. The zero-order valence-electron chi connectivity index (χ0n) is 16.9. The molecule has 1 aromatic heterocycles. The first-order valence-corrected chi connectivity index (χ1v) is 10.1.